The molecule has 1 aromatic rings. The first kappa shape index (κ1) is 12.9. The molecule has 0 aromatic heterocycles. The summed E-state index contributed by atoms with van der Waals surface area (Å²) in [4.78, 5) is 0. The zero-order valence-corrected chi connectivity index (χ0v) is 10.4. The number of phenols is 1. The lowest BCUT2D eigenvalue weighted by molar-refractivity contribution is 0.475. The van der Waals surface area contributed by atoms with Crippen molar-refractivity contribution < 1.29 is 5.11 Å². The predicted octanol–water partition coefficient (Wildman–Crippen LogP) is 4.02. The average molecular weight is 221 g/mol. The van der Waals surface area contributed by atoms with Crippen LogP contribution in [0.2, 0.25) is 0 Å². The maximum atomic E-state index is 9.12. The summed E-state index contributed by atoms with van der Waals surface area (Å²) in [5.41, 5.74) is 1.08. The van der Waals surface area contributed by atoms with Crippen molar-refractivity contribution in [3.05, 3.63) is 24.3 Å². The highest BCUT2D eigenvalue weighted by Gasteiger charge is 1.95. The molecule has 0 aliphatic heterocycles. The number of nitrogens with one attached hydrogen (secondary N) is 1. The van der Waals surface area contributed by atoms with Crippen molar-refractivity contribution >= 4 is 5.69 Å². The zero-order chi connectivity index (χ0) is 11.8. The Labute approximate surface area is 98.7 Å². The Kier molecular flexibility index (Phi) is 5.76. The predicted molar refractivity (Wildman–Crippen MR) is 69.9 cm³/mol. The second-order valence-corrected chi connectivity index (χ2v) is 4.72. The SMILES string of the molecule is CC(C)CCCCCNc1ccc(O)cc1. The molecule has 0 unspecified atom stereocenters. The molecule has 0 bridgehead atoms. The Morgan fingerprint density at radius 1 is 1.06 bits per heavy atom. The van der Waals surface area contributed by atoms with Gasteiger partial charge in [-0.2, -0.15) is 0 Å². The van der Waals surface area contributed by atoms with Gasteiger partial charge >= 0.3 is 0 Å². The van der Waals surface area contributed by atoms with E-state index >= 15 is 0 Å². The van der Waals surface area contributed by atoms with Crippen LogP contribution < -0.4 is 5.32 Å². The van der Waals surface area contributed by atoms with Gasteiger partial charge in [0, 0.05) is 12.2 Å². The molecule has 1 rings (SSSR count). The Morgan fingerprint density at radius 2 is 1.75 bits per heavy atom. The molecule has 0 amide bonds. The first-order chi connectivity index (χ1) is 7.68. The summed E-state index contributed by atoms with van der Waals surface area (Å²) in [6, 6.07) is 7.23. The average Bonchev–Trinajstić information content (AvgIpc) is 2.25. The number of unbranched alkanes of at least 4 members (excludes halogenated alkanes) is 2. The lowest BCUT2D eigenvalue weighted by Gasteiger charge is -2.07. The van der Waals surface area contributed by atoms with E-state index in [1.807, 2.05) is 12.1 Å². The Hall–Kier alpha value is -1.18. The van der Waals surface area contributed by atoms with Crippen LogP contribution in [0.15, 0.2) is 24.3 Å². The summed E-state index contributed by atoms with van der Waals surface area (Å²) in [7, 11) is 0. The van der Waals surface area contributed by atoms with Crippen molar-refractivity contribution in [3.8, 4) is 5.75 Å². The monoisotopic (exact) mass is 221 g/mol. The van der Waals surface area contributed by atoms with Crippen molar-refractivity contribution in [2.45, 2.75) is 39.5 Å². The third-order valence-corrected chi connectivity index (χ3v) is 2.65. The molecule has 90 valence electrons. The van der Waals surface area contributed by atoms with Crippen LogP contribution in [0.5, 0.6) is 5.75 Å². The molecular weight excluding hydrogens is 198 g/mol. The smallest absolute Gasteiger partial charge is 0.115 e. The van der Waals surface area contributed by atoms with Crippen LogP contribution in [-0.2, 0) is 0 Å². The number of hydrogen-bond acceptors (Lipinski definition) is 2. The molecule has 1 aromatic carbocycles. The molecule has 0 saturated heterocycles. The van der Waals surface area contributed by atoms with Crippen LogP contribution in [-0.4, -0.2) is 11.7 Å². The van der Waals surface area contributed by atoms with Crippen LogP contribution in [0.3, 0.4) is 0 Å². The van der Waals surface area contributed by atoms with Crippen molar-refractivity contribution in [2.24, 2.45) is 5.92 Å². The van der Waals surface area contributed by atoms with Crippen molar-refractivity contribution in [2.75, 3.05) is 11.9 Å². The number of anilines is 1. The molecule has 0 spiro atoms. The van der Waals surface area contributed by atoms with Gasteiger partial charge in [0.05, 0.1) is 0 Å². The maximum absolute atomic E-state index is 9.12. The number of phenolic OH excluding ortho intramolecular Hbond substituents is 1. The van der Waals surface area contributed by atoms with Gasteiger partial charge in [-0.25, -0.2) is 0 Å². The minimum atomic E-state index is 0.322. The van der Waals surface area contributed by atoms with Crippen molar-refractivity contribution in [1.82, 2.24) is 0 Å². The minimum absolute atomic E-state index is 0.322. The third-order valence-electron chi connectivity index (χ3n) is 2.65. The normalized spacial score (nSPS) is 10.7. The van der Waals surface area contributed by atoms with E-state index < -0.39 is 0 Å². The number of rotatable bonds is 7. The van der Waals surface area contributed by atoms with E-state index in [2.05, 4.69) is 19.2 Å². The number of benzene rings is 1. The van der Waals surface area contributed by atoms with E-state index in [4.69, 9.17) is 5.11 Å². The fourth-order valence-corrected chi connectivity index (χ4v) is 1.67. The Morgan fingerprint density at radius 3 is 2.38 bits per heavy atom. The minimum Gasteiger partial charge on any atom is -0.508 e. The van der Waals surface area contributed by atoms with Crippen LogP contribution >= 0.6 is 0 Å². The zero-order valence-electron chi connectivity index (χ0n) is 10.4. The van der Waals surface area contributed by atoms with Crippen LogP contribution in [0.1, 0.15) is 39.5 Å². The van der Waals surface area contributed by atoms with Crippen molar-refractivity contribution in [1.29, 1.82) is 0 Å². The van der Waals surface area contributed by atoms with E-state index in [0.29, 0.717) is 5.75 Å². The second kappa shape index (κ2) is 7.15. The van der Waals surface area contributed by atoms with Crippen molar-refractivity contribution in [3.63, 3.8) is 0 Å². The molecular formula is C14H23NO. The van der Waals surface area contributed by atoms with Gasteiger partial charge in [0.1, 0.15) is 5.75 Å². The molecule has 2 heteroatoms. The van der Waals surface area contributed by atoms with E-state index in [1.165, 1.54) is 25.7 Å². The quantitative estimate of drug-likeness (QED) is 0.538. The molecule has 0 atom stereocenters. The highest BCUT2D eigenvalue weighted by atomic mass is 16.3. The largest absolute Gasteiger partial charge is 0.508 e. The van der Waals surface area contributed by atoms with Crippen LogP contribution in [0, 0.1) is 5.92 Å². The van der Waals surface area contributed by atoms with Gasteiger partial charge in [-0.15, -0.1) is 0 Å². The highest BCUT2D eigenvalue weighted by molar-refractivity contribution is 5.45. The maximum Gasteiger partial charge on any atom is 0.115 e. The summed E-state index contributed by atoms with van der Waals surface area (Å²) in [6.07, 6.45) is 5.17. The summed E-state index contributed by atoms with van der Waals surface area (Å²) >= 11 is 0. The van der Waals surface area contributed by atoms with Gasteiger partial charge < -0.3 is 10.4 Å². The standard InChI is InChI=1S/C14H23NO/c1-12(2)6-4-3-5-11-15-13-7-9-14(16)10-8-13/h7-10,12,15-16H,3-6,11H2,1-2H3. The highest BCUT2D eigenvalue weighted by Crippen LogP contribution is 2.14. The molecule has 0 aliphatic carbocycles. The van der Waals surface area contributed by atoms with Crippen LogP contribution in [0.25, 0.3) is 0 Å². The molecule has 16 heavy (non-hydrogen) atoms. The van der Waals surface area contributed by atoms with E-state index in [-0.39, 0.29) is 0 Å². The first-order valence-electron chi connectivity index (χ1n) is 6.21. The van der Waals surface area contributed by atoms with E-state index in [1.54, 1.807) is 12.1 Å². The van der Waals surface area contributed by atoms with Gasteiger partial charge in [0.25, 0.3) is 0 Å². The van der Waals surface area contributed by atoms with Gasteiger partial charge in [-0.1, -0.05) is 33.1 Å². The number of aromatic hydroxyl groups is 1. The molecule has 0 radical (unpaired) electrons. The van der Waals surface area contributed by atoms with Gasteiger partial charge in [0.2, 0.25) is 0 Å². The van der Waals surface area contributed by atoms with Crippen LogP contribution in [0.4, 0.5) is 5.69 Å². The molecule has 2 nitrogen and oxygen atoms in total. The van der Waals surface area contributed by atoms with E-state index in [9.17, 15) is 0 Å². The van der Waals surface area contributed by atoms with E-state index in [0.717, 1.165) is 18.2 Å². The molecule has 0 fully saturated rings. The lowest BCUT2D eigenvalue weighted by atomic mass is 10.1. The fraction of sp³-hybridized carbons (Fsp3) is 0.571. The Bertz CT molecular complexity index is 279. The fourth-order valence-electron chi connectivity index (χ4n) is 1.67. The summed E-state index contributed by atoms with van der Waals surface area (Å²) in [6.45, 7) is 5.56. The summed E-state index contributed by atoms with van der Waals surface area (Å²) in [5, 5.41) is 12.5. The Balaban J connectivity index is 2.05. The molecule has 2 N–H and O–H groups in total. The summed E-state index contributed by atoms with van der Waals surface area (Å²) in [5.74, 6) is 1.15. The molecule has 0 aliphatic rings. The molecule has 0 heterocycles. The third kappa shape index (κ3) is 5.64. The molecule has 0 saturated carbocycles. The topological polar surface area (TPSA) is 32.3 Å². The van der Waals surface area contributed by atoms with Gasteiger partial charge in [0.15, 0.2) is 0 Å². The van der Waals surface area contributed by atoms with Gasteiger partial charge in [-0.05, 0) is 36.6 Å². The second-order valence-electron chi connectivity index (χ2n) is 4.72. The lowest BCUT2D eigenvalue weighted by Crippen LogP contribution is -2.01. The van der Waals surface area contributed by atoms with Gasteiger partial charge in [-0.3, -0.25) is 0 Å². The number of hydrogen-bond donors (Lipinski definition) is 2. The first-order valence-corrected chi connectivity index (χ1v) is 6.21. The summed E-state index contributed by atoms with van der Waals surface area (Å²) < 4.78 is 0.